The van der Waals surface area contributed by atoms with Crippen molar-refractivity contribution in [2.45, 2.75) is 46.3 Å². The molecule has 0 aliphatic rings. The number of nitrogens with one attached hydrogen (secondary N) is 1. The van der Waals surface area contributed by atoms with Gasteiger partial charge in [0.25, 0.3) is 5.91 Å². The number of fused-ring (bicyclic) bond motifs is 1. The van der Waals surface area contributed by atoms with E-state index in [1.54, 1.807) is 33.1 Å². The molecule has 1 amide bonds. The molecule has 134 valence electrons. The molecular formula is C19H24N2O4. The van der Waals surface area contributed by atoms with E-state index >= 15 is 0 Å². The van der Waals surface area contributed by atoms with Crippen molar-refractivity contribution < 1.29 is 19.1 Å². The van der Waals surface area contributed by atoms with Crippen molar-refractivity contribution in [3.63, 3.8) is 0 Å². The van der Waals surface area contributed by atoms with Gasteiger partial charge in [-0.1, -0.05) is 0 Å². The fraction of sp³-hybridized carbons (Fsp3) is 0.421. The first-order valence-corrected chi connectivity index (χ1v) is 8.09. The monoisotopic (exact) mass is 344 g/mol. The summed E-state index contributed by atoms with van der Waals surface area (Å²) in [6, 6.07) is 7.15. The van der Waals surface area contributed by atoms with E-state index in [0.717, 1.165) is 10.9 Å². The lowest BCUT2D eigenvalue weighted by atomic mass is 10.1. The number of aryl methyl sites for hydroxylation is 1. The van der Waals surface area contributed by atoms with Crippen molar-refractivity contribution in [1.29, 1.82) is 0 Å². The Kier molecular flexibility index (Phi) is 5.30. The normalized spacial score (nSPS) is 12.6. The molecule has 0 aliphatic carbocycles. The topological polar surface area (TPSA) is 77.5 Å². The predicted octanol–water partition coefficient (Wildman–Crippen LogP) is 3.01. The van der Waals surface area contributed by atoms with Crippen molar-refractivity contribution >= 4 is 22.8 Å². The summed E-state index contributed by atoms with van der Waals surface area (Å²) in [6.45, 7) is 8.88. The minimum Gasteiger partial charge on any atom is -0.497 e. The number of hydrogen-bond donors (Lipinski definition) is 1. The van der Waals surface area contributed by atoms with Gasteiger partial charge in [-0.15, -0.1) is 0 Å². The molecule has 0 saturated heterocycles. The van der Waals surface area contributed by atoms with Gasteiger partial charge in [0, 0.05) is 10.9 Å². The quantitative estimate of drug-likeness (QED) is 0.863. The van der Waals surface area contributed by atoms with Crippen molar-refractivity contribution in [2.24, 2.45) is 0 Å². The lowest BCUT2D eigenvalue weighted by Crippen LogP contribution is -2.46. The van der Waals surface area contributed by atoms with Crippen LogP contribution in [0.5, 0.6) is 5.75 Å². The first-order valence-electron chi connectivity index (χ1n) is 8.09. The third-order valence-corrected chi connectivity index (χ3v) is 3.58. The van der Waals surface area contributed by atoms with Crippen molar-refractivity contribution in [3.8, 4) is 5.75 Å². The molecule has 6 nitrogen and oxygen atoms in total. The van der Waals surface area contributed by atoms with Gasteiger partial charge in [-0.05, 0) is 58.9 Å². The number of aromatic nitrogens is 1. The molecule has 1 heterocycles. The predicted molar refractivity (Wildman–Crippen MR) is 95.8 cm³/mol. The van der Waals surface area contributed by atoms with E-state index in [0.29, 0.717) is 17.0 Å². The molecule has 25 heavy (non-hydrogen) atoms. The Morgan fingerprint density at radius 1 is 1.20 bits per heavy atom. The van der Waals surface area contributed by atoms with E-state index in [2.05, 4.69) is 10.3 Å². The molecule has 0 bridgehead atoms. The van der Waals surface area contributed by atoms with Crippen molar-refractivity contribution in [2.75, 3.05) is 7.11 Å². The highest BCUT2D eigenvalue weighted by Gasteiger charge is 2.24. The summed E-state index contributed by atoms with van der Waals surface area (Å²) in [5.74, 6) is -0.240. The molecule has 2 aromatic rings. The van der Waals surface area contributed by atoms with Gasteiger partial charge in [0.15, 0.2) is 6.10 Å². The summed E-state index contributed by atoms with van der Waals surface area (Å²) in [7, 11) is 1.58. The van der Waals surface area contributed by atoms with Gasteiger partial charge in [0.2, 0.25) is 0 Å². The van der Waals surface area contributed by atoms with E-state index in [9.17, 15) is 9.59 Å². The molecular weight excluding hydrogens is 320 g/mol. The number of esters is 1. The lowest BCUT2D eigenvalue weighted by molar-refractivity contribution is -0.130. The number of nitrogens with zero attached hydrogens (tertiary/aromatic N) is 1. The zero-order valence-corrected chi connectivity index (χ0v) is 15.5. The van der Waals surface area contributed by atoms with Gasteiger partial charge in [-0.25, -0.2) is 4.79 Å². The number of carbonyl (C=O) groups excluding carboxylic acids is 2. The van der Waals surface area contributed by atoms with Crippen molar-refractivity contribution in [1.82, 2.24) is 10.3 Å². The van der Waals surface area contributed by atoms with Gasteiger partial charge >= 0.3 is 5.97 Å². The first-order chi connectivity index (χ1) is 11.6. The summed E-state index contributed by atoms with van der Waals surface area (Å²) in [6.07, 6.45) is -0.896. The fourth-order valence-corrected chi connectivity index (χ4v) is 2.33. The molecule has 2 rings (SSSR count). The van der Waals surface area contributed by atoms with E-state index in [4.69, 9.17) is 9.47 Å². The van der Waals surface area contributed by atoms with Gasteiger partial charge in [-0.3, -0.25) is 9.78 Å². The molecule has 1 N–H and O–H groups in total. The summed E-state index contributed by atoms with van der Waals surface area (Å²) < 4.78 is 10.5. The van der Waals surface area contributed by atoms with Crippen LogP contribution in [0.1, 0.15) is 43.7 Å². The summed E-state index contributed by atoms with van der Waals surface area (Å²) in [5, 5.41) is 3.55. The maximum atomic E-state index is 12.5. The van der Waals surface area contributed by atoms with E-state index in [1.807, 2.05) is 32.9 Å². The summed E-state index contributed by atoms with van der Waals surface area (Å²) in [4.78, 5) is 29.0. The minimum atomic E-state index is -0.896. The Bertz CT molecular complexity index is 809. The van der Waals surface area contributed by atoms with Crippen LogP contribution in [0.2, 0.25) is 0 Å². The van der Waals surface area contributed by atoms with E-state index in [-0.39, 0.29) is 5.91 Å². The largest absolute Gasteiger partial charge is 0.497 e. The van der Waals surface area contributed by atoms with Crippen LogP contribution < -0.4 is 10.1 Å². The first kappa shape index (κ1) is 18.7. The van der Waals surface area contributed by atoms with Crippen LogP contribution in [-0.4, -0.2) is 35.6 Å². The van der Waals surface area contributed by atoms with Crippen LogP contribution in [0, 0.1) is 6.92 Å². The second kappa shape index (κ2) is 7.09. The number of carbonyl (C=O) groups is 2. The maximum absolute atomic E-state index is 12.5. The van der Waals surface area contributed by atoms with Crippen LogP contribution in [0.3, 0.4) is 0 Å². The second-order valence-corrected chi connectivity index (χ2v) is 6.97. The number of rotatable bonds is 4. The zero-order chi connectivity index (χ0) is 18.8. The second-order valence-electron chi connectivity index (χ2n) is 6.97. The van der Waals surface area contributed by atoms with E-state index in [1.165, 1.54) is 0 Å². The molecule has 0 saturated carbocycles. The van der Waals surface area contributed by atoms with Gasteiger partial charge in [0.1, 0.15) is 5.75 Å². The van der Waals surface area contributed by atoms with Gasteiger partial charge in [0.05, 0.1) is 23.9 Å². The Balaban J connectivity index is 2.23. The molecule has 6 heteroatoms. The van der Waals surface area contributed by atoms with E-state index < -0.39 is 17.6 Å². The SMILES string of the molecule is COc1ccc2nc(C)c(C(=O)OC(C)C(=O)NC(C)(C)C)cc2c1. The average molecular weight is 344 g/mol. The molecule has 0 aliphatic heterocycles. The van der Waals surface area contributed by atoms with Gasteiger partial charge < -0.3 is 14.8 Å². The third-order valence-electron chi connectivity index (χ3n) is 3.58. The summed E-state index contributed by atoms with van der Waals surface area (Å²) in [5.41, 5.74) is 1.24. The Morgan fingerprint density at radius 3 is 2.48 bits per heavy atom. The highest BCUT2D eigenvalue weighted by Crippen LogP contribution is 2.22. The maximum Gasteiger partial charge on any atom is 0.340 e. The molecule has 1 aromatic heterocycles. The molecule has 1 atom stereocenters. The number of hydrogen-bond acceptors (Lipinski definition) is 5. The molecule has 1 unspecified atom stereocenters. The van der Waals surface area contributed by atoms with Gasteiger partial charge in [-0.2, -0.15) is 0 Å². The fourth-order valence-electron chi connectivity index (χ4n) is 2.33. The molecule has 0 spiro atoms. The third kappa shape index (κ3) is 4.68. The number of pyridine rings is 1. The number of amides is 1. The standard InChI is InChI=1S/C19H24N2O4/c1-11-15(10-13-9-14(24-6)7-8-16(13)20-11)18(23)25-12(2)17(22)21-19(3,4)5/h7-10,12H,1-6H3,(H,21,22). The number of methoxy groups -OCH3 is 1. The Labute approximate surface area is 147 Å². The highest BCUT2D eigenvalue weighted by atomic mass is 16.5. The van der Waals surface area contributed by atoms with Crippen LogP contribution >= 0.6 is 0 Å². The molecule has 0 fully saturated rings. The average Bonchev–Trinajstić information content (AvgIpc) is 2.51. The lowest BCUT2D eigenvalue weighted by Gasteiger charge is -2.23. The zero-order valence-electron chi connectivity index (χ0n) is 15.5. The van der Waals surface area contributed by atoms with Crippen LogP contribution in [0.4, 0.5) is 0 Å². The number of ether oxygens (including phenoxy) is 2. The highest BCUT2D eigenvalue weighted by molar-refractivity contribution is 5.96. The van der Waals surface area contributed by atoms with Crippen molar-refractivity contribution in [3.05, 3.63) is 35.5 Å². The van der Waals surface area contributed by atoms with Crippen LogP contribution in [0.15, 0.2) is 24.3 Å². The summed E-state index contributed by atoms with van der Waals surface area (Å²) >= 11 is 0. The Morgan fingerprint density at radius 2 is 1.88 bits per heavy atom. The Hall–Kier alpha value is -2.63. The minimum absolute atomic E-state index is 0.330. The molecule has 0 radical (unpaired) electrons. The smallest absolute Gasteiger partial charge is 0.340 e. The van der Waals surface area contributed by atoms with Crippen LogP contribution in [0.25, 0.3) is 10.9 Å². The molecule has 1 aromatic carbocycles. The van der Waals surface area contributed by atoms with Crippen LogP contribution in [-0.2, 0) is 9.53 Å². The number of benzene rings is 1.